The monoisotopic (exact) mass is 868 g/mol. The fourth-order valence-corrected chi connectivity index (χ4v) is 7.72. The minimum absolute atomic E-state index is 0.0469. The van der Waals surface area contributed by atoms with Gasteiger partial charge in [0.05, 0.1) is 32.0 Å². The summed E-state index contributed by atoms with van der Waals surface area (Å²) in [5.74, 6) is -0.257. The topological polar surface area (TPSA) is 175 Å². The van der Waals surface area contributed by atoms with Gasteiger partial charge in [0.1, 0.15) is 24.4 Å². The standard InChI is InChI=1S/C50H93NO10/c1-3-5-7-9-11-13-14-18-22-26-30-34-38-46(55)59-39-35-31-27-23-19-16-15-17-21-25-29-33-37-45(54)51-42(43(53)36-32-28-24-20-12-10-8-6-4-2)41-60-50-49(58)48(57)47(56)44(40-52)61-50/h16,19,32,36,42-44,47-50,52-53,56-58H,3-15,17-18,20-31,33-35,37-41H2,1-2H3,(H,51,54)/b19-16-,36-32+. The van der Waals surface area contributed by atoms with Crippen molar-refractivity contribution in [3.63, 3.8) is 0 Å². The maximum absolute atomic E-state index is 12.9. The third-order valence-corrected chi connectivity index (χ3v) is 11.8. The van der Waals surface area contributed by atoms with Crippen molar-refractivity contribution in [1.29, 1.82) is 0 Å². The highest BCUT2D eigenvalue weighted by molar-refractivity contribution is 5.76. The van der Waals surface area contributed by atoms with Crippen LogP contribution >= 0.6 is 0 Å². The van der Waals surface area contributed by atoms with Crippen molar-refractivity contribution in [2.24, 2.45) is 0 Å². The van der Waals surface area contributed by atoms with Crippen LogP contribution in [0.15, 0.2) is 24.3 Å². The lowest BCUT2D eigenvalue weighted by atomic mass is 9.99. The highest BCUT2D eigenvalue weighted by Gasteiger charge is 2.44. The second-order valence-corrected chi connectivity index (χ2v) is 17.5. The number of nitrogens with one attached hydrogen (secondary N) is 1. The number of amides is 1. The molecule has 1 rings (SSSR count). The molecule has 11 nitrogen and oxygen atoms in total. The first-order valence-electron chi connectivity index (χ1n) is 25.1. The van der Waals surface area contributed by atoms with Crippen LogP contribution in [0.4, 0.5) is 0 Å². The summed E-state index contributed by atoms with van der Waals surface area (Å²) in [4.78, 5) is 25.0. The number of aliphatic hydroxyl groups is 5. The van der Waals surface area contributed by atoms with Gasteiger partial charge in [0.15, 0.2) is 6.29 Å². The van der Waals surface area contributed by atoms with Gasteiger partial charge >= 0.3 is 5.97 Å². The summed E-state index contributed by atoms with van der Waals surface area (Å²) >= 11 is 0. The van der Waals surface area contributed by atoms with Crippen molar-refractivity contribution < 1.29 is 49.3 Å². The van der Waals surface area contributed by atoms with Gasteiger partial charge in [0, 0.05) is 12.8 Å². The minimum atomic E-state index is -1.58. The molecule has 0 saturated carbocycles. The van der Waals surface area contributed by atoms with Crippen LogP contribution in [0.25, 0.3) is 0 Å². The highest BCUT2D eigenvalue weighted by Crippen LogP contribution is 2.23. The summed E-state index contributed by atoms with van der Waals surface area (Å²) in [5.41, 5.74) is 0. The molecule has 0 aliphatic carbocycles. The number of carbonyl (C=O) groups excluding carboxylic acids is 2. The second kappa shape index (κ2) is 40.9. The molecule has 7 unspecified atom stereocenters. The van der Waals surface area contributed by atoms with Crippen molar-refractivity contribution in [2.45, 2.75) is 262 Å². The first-order valence-corrected chi connectivity index (χ1v) is 25.1. The molecular weight excluding hydrogens is 775 g/mol. The number of allylic oxidation sites excluding steroid dienone is 3. The molecule has 61 heavy (non-hydrogen) atoms. The Balaban J connectivity index is 2.18. The molecule has 0 spiro atoms. The zero-order valence-corrected chi connectivity index (χ0v) is 38.9. The van der Waals surface area contributed by atoms with E-state index in [1.165, 1.54) is 96.3 Å². The van der Waals surface area contributed by atoms with Gasteiger partial charge in [-0.2, -0.15) is 0 Å². The Hall–Kier alpha value is -1.86. The lowest BCUT2D eigenvalue weighted by Gasteiger charge is -2.40. The number of unbranched alkanes of at least 4 members (excludes halogenated alkanes) is 26. The summed E-state index contributed by atoms with van der Waals surface area (Å²) < 4.78 is 16.6. The smallest absolute Gasteiger partial charge is 0.305 e. The number of esters is 1. The molecule has 7 atom stereocenters. The van der Waals surface area contributed by atoms with Gasteiger partial charge in [-0.25, -0.2) is 0 Å². The zero-order valence-electron chi connectivity index (χ0n) is 38.9. The average molecular weight is 868 g/mol. The third kappa shape index (κ3) is 31.6. The van der Waals surface area contributed by atoms with Crippen molar-refractivity contribution in [3.8, 4) is 0 Å². The van der Waals surface area contributed by atoms with Gasteiger partial charge in [-0.1, -0.05) is 167 Å². The van der Waals surface area contributed by atoms with Crippen LogP contribution in [0.3, 0.4) is 0 Å². The number of rotatable bonds is 42. The number of hydrogen-bond acceptors (Lipinski definition) is 10. The first-order chi connectivity index (χ1) is 29.7. The van der Waals surface area contributed by atoms with Crippen molar-refractivity contribution in [1.82, 2.24) is 5.32 Å². The molecule has 1 saturated heterocycles. The molecule has 1 aliphatic heterocycles. The maximum atomic E-state index is 12.9. The van der Waals surface area contributed by atoms with Gasteiger partial charge in [0.2, 0.25) is 5.91 Å². The van der Waals surface area contributed by atoms with Crippen LogP contribution in [0.5, 0.6) is 0 Å². The van der Waals surface area contributed by atoms with Crippen LogP contribution in [0.2, 0.25) is 0 Å². The summed E-state index contributed by atoms with van der Waals surface area (Å²) in [5, 5.41) is 54.0. The Kier molecular flexibility index (Phi) is 38.3. The predicted octanol–water partition coefficient (Wildman–Crippen LogP) is 9.83. The molecule has 0 aromatic rings. The van der Waals surface area contributed by atoms with E-state index in [2.05, 4.69) is 31.3 Å². The lowest BCUT2D eigenvalue weighted by Crippen LogP contribution is -2.60. The van der Waals surface area contributed by atoms with Crippen LogP contribution < -0.4 is 5.32 Å². The van der Waals surface area contributed by atoms with E-state index < -0.39 is 49.5 Å². The molecule has 1 aliphatic rings. The van der Waals surface area contributed by atoms with Crippen molar-refractivity contribution >= 4 is 11.9 Å². The van der Waals surface area contributed by atoms with E-state index in [9.17, 15) is 35.1 Å². The second-order valence-electron chi connectivity index (χ2n) is 17.5. The number of hydrogen-bond donors (Lipinski definition) is 6. The van der Waals surface area contributed by atoms with Crippen molar-refractivity contribution in [3.05, 3.63) is 24.3 Å². The molecule has 1 heterocycles. The largest absolute Gasteiger partial charge is 0.466 e. The predicted molar refractivity (Wildman–Crippen MR) is 246 cm³/mol. The molecule has 6 N–H and O–H groups in total. The normalized spacial score (nSPS) is 20.4. The van der Waals surface area contributed by atoms with Gasteiger partial charge in [0.25, 0.3) is 0 Å². The van der Waals surface area contributed by atoms with E-state index in [0.717, 1.165) is 96.3 Å². The molecule has 1 amide bonds. The Bertz CT molecular complexity index is 1070. The SMILES string of the molecule is CCCCCCCCC/C=C/C(O)C(COC1OC(CO)C(O)C(O)C1O)NC(=O)CCCCCCC/C=C\CCCCCOC(=O)CCCCCCCCCCCCCC. The molecule has 0 aromatic heterocycles. The summed E-state index contributed by atoms with van der Waals surface area (Å²) in [6, 6.07) is -0.826. The lowest BCUT2D eigenvalue weighted by molar-refractivity contribution is -0.302. The number of ether oxygens (including phenoxy) is 3. The Morgan fingerprint density at radius 3 is 1.57 bits per heavy atom. The minimum Gasteiger partial charge on any atom is -0.466 e. The van der Waals surface area contributed by atoms with E-state index >= 15 is 0 Å². The average Bonchev–Trinajstić information content (AvgIpc) is 3.25. The van der Waals surface area contributed by atoms with Gasteiger partial charge in [-0.3, -0.25) is 9.59 Å². The van der Waals surface area contributed by atoms with Crippen LogP contribution in [-0.2, 0) is 23.8 Å². The summed E-state index contributed by atoms with van der Waals surface area (Å²) in [6.07, 6.45) is 35.5. The molecular formula is C50H93NO10. The molecule has 0 radical (unpaired) electrons. The van der Waals surface area contributed by atoms with Gasteiger partial charge in [-0.05, 0) is 64.2 Å². The molecule has 358 valence electrons. The zero-order chi connectivity index (χ0) is 44.6. The van der Waals surface area contributed by atoms with Gasteiger partial charge < -0.3 is 45.1 Å². The van der Waals surface area contributed by atoms with E-state index in [1.807, 2.05) is 6.08 Å². The molecule has 1 fully saturated rings. The van der Waals surface area contributed by atoms with Crippen LogP contribution in [0, 0.1) is 0 Å². The number of aliphatic hydroxyl groups excluding tert-OH is 5. The van der Waals surface area contributed by atoms with Gasteiger partial charge in [-0.15, -0.1) is 0 Å². The van der Waals surface area contributed by atoms with Crippen molar-refractivity contribution in [2.75, 3.05) is 19.8 Å². The summed E-state index contributed by atoms with van der Waals surface area (Å²) in [7, 11) is 0. The summed E-state index contributed by atoms with van der Waals surface area (Å²) in [6.45, 7) is 4.21. The van der Waals surface area contributed by atoms with E-state index in [0.29, 0.717) is 19.4 Å². The maximum Gasteiger partial charge on any atom is 0.305 e. The Labute approximate surface area is 371 Å². The van der Waals surface area contributed by atoms with E-state index in [-0.39, 0.29) is 18.5 Å². The molecule has 0 bridgehead atoms. The van der Waals surface area contributed by atoms with E-state index in [4.69, 9.17) is 14.2 Å². The fourth-order valence-electron chi connectivity index (χ4n) is 7.72. The Morgan fingerprint density at radius 1 is 0.590 bits per heavy atom. The fraction of sp³-hybridized carbons (Fsp3) is 0.880. The molecule has 11 heteroatoms. The van der Waals surface area contributed by atoms with Crippen LogP contribution in [-0.4, -0.2) is 100 Å². The van der Waals surface area contributed by atoms with E-state index in [1.54, 1.807) is 6.08 Å². The molecule has 0 aromatic carbocycles. The highest BCUT2D eigenvalue weighted by atomic mass is 16.7. The number of carbonyl (C=O) groups is 2. The Morgan fingerprint density at radius 2 is 1.05 bits per heavy atom. The first kappa shape index (κ1) is 57.2. The van der Waals surface area contributed by atoms with Crippen LogP contribution in [0.1, 0.15) is 219 Å². The third-order valence-electron chi connectivity index (χ3n) is 11.8. The quantitative estimate of drug-likeness (QED) is 0.0197.